The van der Waals surface area contributed by atoms with Gasteiger partial charge in [0.1, 0.15) is 17.3 Å². The Morgan fingerprint density at radius 1 is 1.11 bits per heavy atom. The molecule has 28 heavy (non-hydrogen) atoms. The van der Waals surface area contributed by atoms with Crippen LogP contribution in [0.15, 0.2) is 48.7 Å². The summed E-state index contributed by atoms with van der Waals surface area (Å²) in [5, 5.41) is 5.68. The summed E-state index contributed by atoms with van der Waals surface area (Å²) in [6.07, 6.45) is 4.04. The van der Waals surface area contributed by atoms with Gasteiger partial charge in [-0.05, 0) is 30.7 Å². The first-order valence-electron chi connectivity index (χ1n) is 9.13. The van der Waals surface area contributed by atoms with Gasteiger partial charge in [-0.15, -0.1) is 0 Å². The second-order valence-corrected chi connectivity index (χ2v) is 6.54. The van der Waals surface area contributed by atoms with Crippen LogP contribution >= 0.6 is 0 Å². The summed E-state index contributed by atoms with van der Waals surface area (Å²) in [5.41, 5.74) is 3.37. The highest BCUT2D eigenvalue weighted by molar-refractivity contribution is 6.01. The van der Waals surface area contributed by atoms with Gasteiger partial charge in [-0.25, -0.2) is 9.78 Å². The number of methoxy groups -OCH3 is 2. The number of ether oxygens (including phenoxy) is 2. The molecular weight excluding hydrogens is 356 g/mol. The van der Waals surface area contributed by atoms with Gasteiger partial charge in [0.25, 0.3) is 0 Å². The van der Waals surface area contributed by atoms with Crippen molar-refractivity contribution in [3.63, 3.8) is 0 Å². The largest absolute Gasteiger partial charge is 0.497 e. The fraction of sp³-hybridized carbons (Fsp3) is 0.238. The molecule has 0 saturated heterocycles. The van der Waals surface area contributed by atoms with E-state index in [1.807, 2.05) is 30.5 Å². The van der Waals surface area contributed by atoms with Gasteiger partial charge in [-0.1, -0.05) is 12.1 Å². The van der Waals surface area contributed by atoms with E-state index in [1.54, 1.807) is 32.4 Å². The van der Waals surface area contributed by atoms with E-state index in [1.165, 1.54) is 0 Å². The van der Waals surface area contributed by atoms with E-state index in [0.717, 1.165) is 36.5 Å². The van der Waals surface area contributed by atoms with E-state index < -0.39 is 0 Å². The number of anilines is 2. The number of urea groups is 1. The van der Waals surface area contributed by atoms with E-state index in [9.17, 15) is 4.79 Å². The molecule has 7 heteroatoms. The average Bonchev–Trinajstić information content (AvgIpc) is 3.32. The zero-order valence-electron chi connectivity index (χ0n) is 15.9. The Labute approximate surface area is 163 Å². The Kier molecular flexibility index (Phi) is 4.89. The van der Waals surface area contributed by atoms with Crippen LogP contribution in [0.4, 0.5) is 16.2 Å². The van der Waals surface area contributed by atoms with E-state index in [2.05, 4.69) is 20.2 Å². The third-order valence-electron chi connectivity index (χ3n) is 4.79. The molecule has 0 atom stereocenters. The van der Waals surface area contributed by atoms with E-state index >= 15 is 0 Å². The molecular formula is C21H22N4O3. The normalized spacial score (nSPS) is 12.4. The molecule has 0 radical (unpaired) electrons. The smallest absolute Gasteiger partial charge is 0.323 e. The van der Waals surface area contributed by atoms with Crippen LogP contribution in [0.2, 0.25) is 0 Å². The maximum Gasteiger partial charge on any atom is 0.323 e. The standard InChI is InChI=1S/C21H22N4O3/c1-27-16-8-9-17(19(12-16)28-2)24-21(26)23-15-6-3-5-14(11-15)18-13-22-20-7-4-10-25(18)20/h3,5-6,8-9,11-13H,4,7,10H2,1-2H3,(H2,23,24,26). The Morgan fingerprint density at radius 3 is 2.82 bits per heavy atom. The van der Waals surface area contributed by atoms with E-state index in [0.29, 0.717) is 22.9 Å². The van der Waals surface area contributed by atoms with E-state index in [-0.39, 0.29) is 6.03 Å². The number of imidazole rings is 1. The highest BCUT2D eigenvalue weighted by atomic mass is 16.5. The number of fused-ring (bicyclic) bond motifs is 1. The predicted octanol–water partition coefficient (Wildman–Crippen LogP) is 4.16. The summed E-state index contributed by atoms with van der Waals surface area (Å²) in [6, 6.07) is 12.6. The summed E-state index contributed by atoms with van der Waals surface area (Å²) < 4.78 is 12.7. The quantitative estimate of drug-likeness (QED) is 0.699. The molecule has 7 nitrogen and oxygen atoms in total. The molecule has 1 aromatic heterocycles. The summed E-state index contributed by atoms with van der Waals surface area (Å²) in [7, 11) is 3.13. The van der Waals surface area contributed by atoms with Gasteiger partial charge in [0.05, 0.1) is 31.8 Å². The molecule has 2 N–H and O–H groups in total. The first-order chi connectivity index (χ1) is 13.7. The number of aromatic nitrogens is 2. The van der Waals surface area contributed by atoms with Crippen molar-refractivity contribution in [2.24, 2.45) is 0 Å². The summed E-state index contributed by atoms with van der Waals surface area (Å²) >= 11 is 0. The number of nitrogens with one attached hydrogen (secondary N) is 2. The van der Waals surface area contributed by atoms with Crippen LogP contribution in [0.25, 0.3) is 11.3 Å². The van der Waals surface area contributed by atoms with E-state index in [4.69, 9.17) is 9.47 Å². The van der Waals surface area contributed by atoms with Crippen molar-refractivity contribution in [3.8, 4) is 22.8 Å². The van der Waals surface area contributed by atoms with Crippen molar-refractivity contribution in [2.45, 2.75) is 19.4 Å². The number of carbonyl (C=O) groups is 1. The minimum absolute atomic E-state index is 0.348. The third-order valence-corrected chi connectivity index (χ3v) is 4.79. The van der Waals surface area contributed by atoms with Crippen LogP contribution in [-0.2, 0) is 13.0 Å². The van der Waals surface area contributed by atoms with Crippen LogP contribution < -0.4 is 20.1 Å². The Bertz CT molecular complexity index is 1010. The van der Waals surface area contributed by atoms with Crippen molar-refractivity contribution < 1.29 is 14.3 Å². The lowest BCUT2D eigenvalue weighted by atomic mass is 10.1. The van der Waals surface area contributed by atoms with Crippen molar-refractivity contribution in [3.05, 3.63) is 54.5 Å². The fourth-order valence-corrected chi connectivity index (χ4v) is 3.43. The molecule has 2 heterocycles. The maximum atomic E-state index is 12.5. The number of amides is 2. The van der Waals surface area contributed by atoms with Gasteiger partial charge in [0.2, 0.25) is 0 Å². The Morgan fingerprint density at radius 2 is 2.00 bits per heavy atom. The lowest BCUT2D eigenvalue weighted by Gasteiger charge is -2.13. The molecule has 4 rings (SSSR count). The maximum absolute atomic E-state index is 12.5. The zero-order chi connectivity index (χ0) is 19.5. The van der Waals surface area contributed by atoms with Gasteiger partial charge < -0.3 is 24.7 Å². The number of hydrogen-bond donors (Lipinski definition) is 2. The minimum Gasteiger partial charge on any atom is -0.497 e. The Hall–Kier alpha value is -3.48. The number of benzene rings is 2. The van der Waals surface area contributed by atoms with Crippen molar-refractivity contribution >= 4 is 17.4 Å². The highest BCUT2D eigenvalue weighted by Crippen LogP contribution is 2.30. The molecule has 0 unspecified atom stereocenters. The van der Waals surface area contributed by atoms with Crippen LogP contribution in [0.5, 0.6) is 11.5 Å². The number of aryl methyl sites for hydroxylation is 1. The summed E-state index contributed by atoms with van der Waals surface area (Å²) in [6.45, 7) is 0.986. The first-order valence-corrected chi connectivity index (χ1v) is 9.13. The van der Waals surface area contributed by atoms with Gasteiger partial charge in [-0.2, -0.15) is 0 Å². The molecule has 2 amide bonds. The number of hydrogen-bond acceptors (Lipinski definition) is 4. The molecule has 0 bridgehead atoms. The Balaban J connectivity index is 1.50. The lowest BCUT2D eigenvalue weighted by Crippen LogP contribution is -2.19. The predicted molar refractivity (Wildman–Crippen MR) is 108 cm³/mol. The van der Waals surface area contributed by atoms with Gasteiger partial charge in [0.15, 0.2) is 0 Å². The molecule has 2 aromatic carbocycles. The lowest BCUT2D eigenvalue weighted by molar-refractivity contribution is 0.262. The van der Waals surface area contributed by atoms with Crippen LogP contribution in [0, 0.1) is 0 Å². The van der Waals surface area contributed by atoms with Crippen molar-refractivity contribution in [1.29, 1.82) is 0 Å². The molecule has 0 saturated carbocycles. The molecule has 0 aliphatic carbocycles. The van der Waals surface area contributed by atoms with Crippen molar-refractivity contribution in [2.75, 3.05) is 24.9 Å². The minimum atomic E-state index is -0.348. The molecule has 144 valence electrons. The molecule has 3 aromatic rings. The molecule has 1 aliphatic heterocycles. The average molecular weight is 378 g/mol. The van der Waals surface area contributed by atoms with Crippen LogP contribution in [-0.4, -0.2) is 29.8 Å². The number of rotatable bonds is 5. The van der Waals surface area contributed by atoms with Gasteiger partial charge in [-0.3, -0.25) is 0 Å². The van der Waals surface area contributed by atoms with Gasteiger partial charge in [0, 0.05) is 30.3 Å². The molecule has 1 aliphatic rings. The SMILES string of the molecule is COc1ccc(NC(=O)Nc2cccc(-c3cnc4n3CCC4)c2)c(OC)c1. The second kappa shape index (κ2) is 7.64. The zero-order valence-corrected chi connectivity index (χ0v) is 15.9. The molecule has 0 fully saturated rings. The molecule has 0 spiro atoms. The number of nitrogens with zero attached hydrogens (tertiary/aromatic N) is 2. The van der Waals surface area contributed by atoms with Crippen molar-refractivity contribution in [1.82, 2.24) is 9.55 Å². The summed E-state index contributed by atoms with van der Waals surface area (Å²) in [5.74, 6) is 2.31. The number of carbonyl (C=O) groups excluding carboxylic acids is 1. The fourth-order valence-electron chi connectivity index (χ4n) is 3.43. The topological polar surface area (TPSA) is 77.4 Å². The van der Waals surface area contributed by atoms with Crippen LogP contribution in [0.3, 0.4) is 0 Å². The second-order valence-electron chi connectivity index (χ2n) is 6.54. The van der Waals surface area contributed by atoms with Gasteiger partial charge >= 0.3 is 6.03 Å². The highest BCUT2D eigenvalue weighted by Gasteiger charge is 2.17. The van der Waals surface area contributed by atoms with Crippen LogP contribution in [0.1, 0.15) is 12.2 Å². The third kappa shape index (κ3) is 3.51. The summed E-state index contributed by atoms with van der Waals surface area (Å²) in [4.78, 5) is 17.0. The first kappa shape index (κ1) is 17.9. The monoisotopic (exact) mass is 378 g/mol.